The van der Waals surface area contributed by atoms with Crippen molar-refractivity contribution in [1.82, 2.24) is 10.6 Å². The van der Waals surface area contributed by atoms with Crippen LogP contribution in [0.4, 0.5) is 5.69 Å². The van der Waals surface area contributed by atoms with Gasteiger partial charge in [0.1, 0.15) is 0 Å². The second-order valence-corrected chi connectivity index (χ2v) is 5.47. The zero-order valence-corrected chi connectivity index (χ0v) is 11.4. The molecule has 1 atom stereocenters. The van der Waals surface area contributed by atoms with Gasteiger partial charge in [-0.1, -0.05) is 12.1 Å². The van der Waals surface area contributed by atoms with Gasteiger partial charge in [-0.2, -0.15) is 0 Å². The first-order valence-corrected chi connectivity index (χ1v) is 7.08. The van der Waals surface area contributed by atoms with Gasteiger partial charge in [-0.3, -0.25) is 4.79 Å². The summed E-state index contributed by atoms with van der Waals surface area (Å²) in [6, 6.07) is 6.84. The fourth-order valence-electron chi connectivity index (χ4n) is 3.08. The molecule has 3 rings (SSSR count). The Bertz CT molecular complexity index is 480. The van der Waals surface area contributed by atoms with Crippen LogP contribution in [0.1, 0.15) is 24.0 Å². The zero-order chi connectivity index (χ0) is 13.2. The SMILES string of the molecule is CNCc1ccc2c(c1)CC(=O)N2CC1CCCN1. The third-order valence-electron chi connectivity index (χ3n) is 4.02. The number of fused-ring (bicyclic) bond motifs is 1. The fraction of sp³-hybridized carbons (Fsp3) is 0.533. The molecule has 1 aromatic carbocycles. The molecular formula is C15H21N3O. The number of nitrogens with one attached hydrogen (secondary N) is 2. The summed E-state index contributed by atoms with van der Waals surface area (Å²) in [5, 5.41) is 6.61. The second kappa shape index (κ2) is 5.31. The number of hydrogen-bond donors (Lipinski definition) is 2. The first kappa shape index (κ1) is 12.6. The van der Waals surface area contributed by atoms with Gasteiger partial charge in [0.15, 0.2) is 0 Å². The smallest absolute Gasteiger partial charge is 0.231 e. The Hall–Kier alpha value is -1.39. The number of rotatable bonds is 4. The van der Waals surface area contributed by atoms with Crippen LogP contribution >= 0.6 is 0 Å². The third kappa shape index (κ3) is 2.51. The predicted octanol–water partition coefficient (Wildman–Crippen LogP) is 1.05. The Morgan fingerprint density at radius 1 is 1.47 bits per heavy atom. The van der Waals surface area contributed by atoms with Gasteiger partial charge < -0.3 is 15.5 Å². The van der Waals surface area contributed by atoms with E-state index in [0.717, 1.165) is 25.3 Å². The number of anilines is 1. The molecule has 0 bridgehead atoms. The van der Waals surface area contributed by atoms with Gasteiger partial charge >= 0.3 is 0 Å². The molecule has 0 radical (unpaired) electrons. The molecule has 0 aliphatic carbocycles. The topological polar surface area (TPSA) is 44.4 Å². The Morgan fingerprint density at radius 2 is 2.37 bits per heavy atom. The van der Waals surface area contributed by atoms with Crippen molar-refractivity contribution in [3.63, 3.8) is 0 Å². The van der Waals surface area contributed by atoms with E-state index in [-0.39, 0.29) is 5.91 Å². The van der Waals surface area contributed by atoms with Crippen LogP contribution < -0.4 is 15.5 Å². The van der Waals surface area contributed by atoms with Gasteiger partial charge in [0.25, 0.3) is 0 Å². The summed E-state index contributed by atoms with van der Waals surface area (Å²) in [5.41, 5.74) is 3.53. The Balaban J connectivity index is 1.79. The average molecular weight is 259 g/mol. The quantitative estimate of drug-likeness (QED) is 0.849. The van der Waals surface area contributed by atoms with Crippen molar-refractivity contribution in [3.8, 4) is 0 Å². The minimum absolute atomic E-state index is 0.241. The first-order chi connectivity index (χ1) is 9.28. The van der Waals surface area contributed by atoms with E-state index >= 15 is 0 Å². The molecule has 0 saturated carbocycles. The minimum atomic E-state index is 0.241. The van der Waals surface area contributed by atoms with E-state index in [1.807, 2.05) is 11.9 Å². The van der Waals surface area contributed by atoms with Crippen molar-refractivity contribution in [3.05, 3.63) is 29.3 Å². The maximum atomic E-state index is 12.2. The van der Waals surface area contributed by atoms with Crippen LogP contribution in [0.25, 0.3) is 0 Å². The molecule has 19 heavy (non-hydrogen) atoms. The van der Waals surface area contributed by atoms with Crippen LogP contribution in [-0.2, 0) is 17.8 Å². The van der Waals surface area contributed by atoms with Gasteiger partial charge in [-0.15, -0.1) is 0 Å². The zero-order valence-electron chi connectivity index (χ0n) is 11.4. The highest BCUT2D eigenvalue weighted by Gasteiger charge is 2.30. The summed E-state index contributed by atoms with van der Waals surface area (Å²) in [7, 11) is 1.94. The van der Waals surface area contributed by atoms with E-state index in [1.54, 1.807) is 0 Å². The van der Waals surface area contributed by atoms with Crippen LogP contribution in [0.3, 0.4) is 0 Å². The predicted molar refractivity (Wildman–Crippen MR) is 76.3 cm³/mol. The highest BCUT2D eigenvalue weighted by atomic mass is 16.2. The average Bonchev–Trinajstić information content (AvgIpc) is 2.99. The van der Waals surface area contributed by atoms with Gasteiger partial charge in [0, 0.05) is 24.8 Å². The van der Waals surface area contributed by atoms with Crippen LogP contribution in [-0.4, -0.2) is 32.1 Å². The van der Waals surface area contributed by atoms with Crippen molar-refractivity contribution in [2.75, 3.05) is 25.0 Å². The molecule has 2 aliphatic rings. The molecule has 1 amide bonds. The van der Waals surface area contributed by atoms with Crippen LogP contribution in [0.15, 0.2) is 18.2 Å². The third-order valence-corrected chi connectivity index (χ3v) is 4.02. The Morgan fingerprint density at radius 3 is 3.11 bits per heavy atom. The molecule has 4 nitrogen and oxygen atoms in total. The van der Waals surface area contributed by atoms with Crippen LogP contribution in [0.2, 0.25) is 0 Å². The molecule has 1 saturated heterocycles. The highest BCUT2D eigenvalue weighted by Crippen LogP contribution is 2.30. The van der Waals surface area contributed by atoms with E-state index in [4.69, 9.17) is 0 Å². The molecule has 0 spiro atoms. The maximum Gasteiger partial charge on any atom is 0.231 e. The number of amides is 1. The summed E-state index contributed by atoms with van der Waals surface area (Å²) in [6.45, 7) is 2.75. The van der Waals surface area contributed by atoms with Crippen molar-refractivity contribution in [1.29, 1.82) is 0 Å². The lowest BCUT2D eigenvalue weighted by atomic mass is 10.1. The molecule has 4 heteroatoms. The van der Waals surface area contributed by atoms with E-state index in [1.165, 1.54) is 24.0 Å². The number of benzene rings is 1. The summed E-state index contributed by atoms with van der Waals surface area (Å²) >= 11 is 0. The van der Waals surface area contributed by atoms with Crippen molar-refractivity contribution < 1.29 is 4.79 Å². The van der Waals surface area contributed by atoms with Gasteiger partial charge in [-0.05, 0) is 43.6 Å². The molecule has 1 aromatic rings. The molecule has 1 fully saturated rings. The molecule has 102 valence electrons. The lowest BCUT2D eigenvalue weighted by molar-refractivity contribution is -0.117. The van der Waals surface area contributed by atoms with Gasteiger partial charge in [0.05, 0.1) is 6.42 Å². The number of hydrogen-bond acceptors (Lipinski definition) is 3. The first-order valence-electron chi connectivity index (χ1n) is 7.08. The molecule has 2 aliphatic heterocycles. The van der Waals surface area contributed by atoms with Gasteiger partial charge in [-0.25, -0.2) is 0 Å². The molecule has 1 unspecified atom stereocenters. The van der Waals surface area contributed by atoms with Crippen LogP contribution in [0.5, 0.6) is 0 Å². The van der Waals surface area contributed by atoms with E-state index in [2.05, 4.69) is 28.8 Å². The molecule has 2 heterocycles. The van der Waals surface area contributed by atoms with Crippen molar-refractivity contribution in [2.45, 2.75) is 31.8 Å². The standard InChI is InChI=1S/C15H21N3O/c1-16-9-11-4-5-14-12(7-11)8-15(19)18(14)10-13-3-2-6-17-13/h4-5,7,13,16-17H,2-3,6,8-10H2,1H3. The summed E-state index contributed by atoms with van der Waals surface area (Å²) in [5.74, 6) is 0.241. The summed E-state index contributed by atoms with van der Waals surface area (Å²) < 4.78 is 0. The molecule has 0 aromatic heterocycles. The molecule has 2 N–H and O–H groups in total. The minimum Gasteiger partial charge on any atom is -0.316 e. The number of carbonyl (C=O) groups is 1. The maximum absolute atomic E-state index is 12.2. The van der Waals surface area contributed by atoms with Crippen molar-refractivity contribution in [2.24, 2.45) is 0 Å². The normalized spacial score (nSPS) is 22.1. The fourth-order valence-corrected chi connectivity index (χ4v) is 3.08. The lowest BCUT2D eigenvalue weighted by Crippen LogP contribution is -2.39. The van der Waals surface area contributed by atoms with Gasteiger partial charge in [0.2, 0.25) is 5.91 Å². The highest BCUT2D eigenvalue weighted by molar-refractivity contribution is 6.01. The van der Waals surface area contributed by atoms with Crippen molar-refractivity contribution >= 4 is 11.6 Å². The number of nitrogens with zero attached hydrogens (tertiary/aromatic N) is 1. The monoisotopic (exact) mass is 259 g/mol. The second-order valence-electron chi connectivity index (χ2n) is 5.47. The Kier molecular flexibility index (Phi) is 3.53. The van der Waals surface area contributed by atoms with E-state index < -0.39 is 0 Å². The largest absolute Gasteiger partial charge is 0.316 e. The van der Waals surface area contributed by atoms with E-state index in [0.29, 0.717) is 12.5 Å². The Labute approximate surface area is 114 Å². The number of carbonyl (C=O) groups excluding carboxylic acids is 1. The lowest BCUT2D eigenvalue weighted by Gasteiger charge is -2.22. The molecular weight excluding hydrogens is 238 g/mol. The summed E-state index contributed by atoms with van der Waals surface area (Å²) in [6.07, 6.45) is 2.96. The van der Waals surface area contributed by atoms with Crippen LogP contribution in [0, 0.1) is 0 Å². The van der Waals surface area contributed by atoms with E-state index in [9.17, 15) is 4.79 Å². The summed E-state index contributed by atoms with van der Waals surface area (Å²) in [4.78, 5) is 14.1.